The summed E-state index contributed by atoms with van der Waals surface area (Å²) in [7, 11) is 0. The number of hydrogen-bond acceptors (Lipinski definition) is 0. The molecule has 0 aromatic carbocycles. The Morgan fingerprint density at radius 3 is 0.286 bits per heavy atom. The van der Waals surface area contributed by atoms with Crippen molar-refractivity contribution < 1.29 is 140 Å². The predicted molar refractivity (Wildman–Crippen MR) is 23.8 cm³/mol. The van der Waals surface area contributed by atoms with E-state index in [-0.39, 0.29) is 158 Å². The minimum atomic E-state index is 0. The fourth-order valence-corrected chi connectivity index (χ4v) is 0. The van der Waals surface area contributed by atoms with Crippen LogP contribution in [-0.2, 0) is 26.2 Å². The van der Waals surface area contributed by atoms with Gasteiger partial charge in [0.15, 0.2) is 0 Å². The minimum absolute atomic E-state index is 0. The zero-order valence-electron chi connectivity index (χ0n) is 6.22. The van der Waals surface area contributed by atoms with Crippen molar-refractivity contribution >= 4 is 17.4 Å². The van der Waals surface area contributed by atoms with E-state index in [4.69, 9.17) is 0 Å². The summed E-state index contributed by atoms with van der Waals surface area (Å²) in [6.45, 7) is 0. The molecule has 0 aliphatic rings. The normalized spacial score (nSPS) is 0. The second-order valence-electron chi connectivity index (χ2n) is 0. The fraction of sp³-hybridized carbons (Fsp3) is 0. The van der Waals surface area contributed by atoms with Crippen LogP contribution in [0, 0.1) is 0 Å². The molecule has 96 valence electrons. The number of halogens is 7. The Kier molecular flexibility index (Phi) is 11100. The standard InChI is InChI=1S/Al.7ClH.5H2O.Zr/h;7*1H;5*1H2;/q+3;;;;;;;;;;;;;+4/p-7. The maximum absolute atomic E-state index is 0. The van der Waals surface area contributed by atoms with Crippen LogP contribution in [0.1, 0.15) is 0 Å². The van der Waals surface area contributed by atoms with Crippen LogP contribution < -0.4 is 86.8 Å². The molecule has 0 spiro atoms. The first-order chi connectivity index (χ1) is 0. The average molecular weight is 456 g/mol. The Morgan fingerprint density at radius 2 is 0.286 bits per heavy atom. The fourth-order valence-electron chi connectivity index (χ4n) is 0. The van der Waals surface area contributed by atoms with Gasteiger partial charge >= 0.3 is 43.6 Å². The Bertz CT molecular complexity index is 22.0. The molecule has 5 nitrogen and oxygen atoms in total. The molecule has 0 atom stereocenters. The Morgan fingerprint density at radius 1 is 0.286 bits per heavy atom. The van der Waals surface area contributed by atoms with E-state index in [1.165, 1.54) is 0 Å². The van der Waals surface area contributed by atoms with Crippen LogP contribution in [0.3, 0.4) is 0 Å². The van der Waals surface area contributed by atoms with Crippen molar-refractivity contribution in [1.29, 1.82) is 0 Å². The van der Waals surface area contributed by atoms with Crippen molar-refractivity contribution in [2.45, 2.75) is 0 Å². The van der Waals surface area contributed by atoms with Crippen molar-refractivity contribution in [3.05, 3.63) is 0 Å². The Balaban J connectivity index is 0. The summed E-state index contributed by atoms with van der Waals surface area (Å²) in [5.41, 5.74) is 0. The van der Waals surface area contributed by atoms with Crippen LogP contribution in [0.4, 0.5) is 0 Å². The smallest absolute Gasteiger partial charge is 1.00 e. The van der Waals surface area contributed by atoms with Crippen molar-refractivity contribution in [1.82, 2.24) is 0 Å². The van der Waals surface area contributed by atoms with Crippen LogP contribution >= 0.6 is 0 Å². The van der Waals surface area contributed by atoms with Crippen LogP contribution in [0.25, 0.3) is 0 Å². The monoisotopic (exact) mass is 452 g/mol. The third-order valence-corrected chi connectivity index (χ3v) is 0. The molecule has 0 bridgehead atoms. The molecule has 0 amide bonds. The molecule has 0 unspecified atom stereocenters. The van der Waals surface area contributed by atoms with Gasteiger partial charge in [0, 0.05) is 0 Å². The maximum Gasteiger partial charge on any atom is 4.00 e. The summed E-state index contributed by atoms with van der Waals surface area (Å²) >= 11 is 0. The maximum atomic E-state index is 0. The first kappa shape index (κ1) is 432. The predicted octanol–water partition coefficient (Wildman–Crippen LogP) is -25.5. The Labute approximate surface area is 156 Å². The third-order valence-electron chi connectivity index (χ3n) is 0. The summed E-state index contributed by atoms with van der Waals surface area (Å²) in [5.74, 6) is 0. The molecule has 0 aliphatic carbocycles. The number of rotatable bonds is 0. The molecule has 0 radical (unpaired) electrons. The third kappa shape index (κ3) is 294. The van der Waals surface area contributed by atoms with E-state index in [1.54, 1.807) is 0 Å². The number of hydrogen-bond donors (Lipinski definition) is 0. The van der Waals surface area contributed by atoms with Gasteiger partial charge in [0.05, 0.1) is 0 Å². The van der Waals surface area contributed by atoms with E-state index >= 15 is 0 Å². The zero-order valence-corrected chi connectivity index (χ0v) is 15.1. The van der Waals surface area contributed by atoms with Gasteiger partial charge in [-0.1, -0.05) is 0 Å². The SMILES string of the molecule is O.O.O.O.O.[Al+3].[Cl-].[Cl-].[Cl-].[Cl-].[Cl-].[Cl-].[Cl-].[Zr+4]. The van der Waals surface area contributed by atoms with Crippen LogP contribution in [0.2, 0.25) is 0 Å². The first-order valence-electron chi connectivity index (χ1n) is 0. The van der Waals surface area contributed by atoms with Crippen molar-refractivity contribution in [3.63, 3.8) is 0 Å². The molecule has 0 rings (SSSR count). The summed E-state index contributed by atoms with van der Waals surface area (Å²) < 4.78 is 0. The van der Waals surface area contributed by atoms with E-state index in [2.05, 4.69) is 0 Å². The van der Waals surface area contributed by atoms with Crippen LogP contribution in [0.5, 0.6) is 0 Å². The van der Waals surface area contributed by atoms with E-state index in [9.17, 15) is 0 Å². The molecule has 0 aromatic heterocycles. The van der Waals surface area contributed by atoms with E-state index in [0.29, 0.717) is 0 Å². The van der Waals surface area contributed by atoms with Gasteiger partial charge in [0.1, 0.15) is 0 Å². The second kappa shape index (κ2) is 358. The summed E-state index contributed by atoms with van der Waals surface area (Å²) in [6.07, 6.45) is 0. The molecular formula is H10AlCl7O5Zr. The van der Waals surface area contributed by atoms with Gasteiger partial charge in [-0.15, -0.1) is 0 Å². The van der Waals surface area contributed by atoms with Gasteiger partial charge in [-0.3, -0.25) is 0 Å². The van der Waals surface area contributed by atoms with Gasteiger partial charge in [-0.2, -0.15) is 0 Å². The molecule has 0 saturated heterocycles. The average Bonchev–Trinajstić information content (AvgIpc) is 0. The Hall–Kier alpha value is 3.25. The van der Waals surface area contributed by atoms with Crippen LogP contribution in [-0.4, -0.2) is 44.7 Å². The molecule has 14 heavy (non-hydrogen) atoms. The van der Waals surface area contributed by atoms with Gasteiger partial charge in [-0.05, 0) is 0 Å². The molecule has 10 N–H and O–H groups in total. The second-order valence-corrected chi connectivity index (χ2v) is 0. The molecular weight excluding hydrogens is 446 g/mol. The van der Waals surface area contributed by atoms with Gasteiger partial charge in [0.2, 0.25) is 0 Å². The molecule has 14 heteroatoms. The molecule has 0 saturated carbocycles. The van der Waals surface area contributed by atoms with Crippen molar-refractivity contribution in [2.75, 3.05) is 0 Å². The van der Waals surface area contributed by atoms with Gasteiger partial charge < -0.3 is 114 Å². The minimum Gasteiger partial charge on any atom is -1.00 e. The molecule has 0 aromatic rings. The zero-order chi connectivity index (χ0) is 0. The summed E-state index contributed by atoms with van der Waals surface area (Å²) in [4.78, 5) is 0. The largest absolute Gasteiger partial charge is 4.00 e. The van der Waals surface area contributed by atoms with E-state index in [0.717, 1.165) is 0 Å². The van der Waals surface area contributed by atoms with Gasteiger partial charge in [0.25, 0.3) is 0 Å². The topological polar surface area (TPSA) is 158 Å². The quantitative estimate of drug-likeness (QED) is 0.317. The van der Waals surface area contributed by atoms with Crippen molar-refractivity contribution in [2.24, 2.45) is 0 Å². The summed E-state index contributed by atoms with van der Waals surface area (Å²) in [5, 5.41) is 0. The van der Waals surface area contributed by atoms with Gasteiger partial charge in [-0.25, -0.2) is 0 Å². The van der Waals surface area contributed by atoms with Crippen molar-refractivity contribution in [3.8, 4) is 0 Å². The first-order valence-corrected chi connectivity index (χ1v) is 0. The van der Waals surface area contributed by atoms with Crippen LogP contribution in [0.15, 0.2) is 0 Å². The van der Waals surface area contributed by atoms with E-state index in [1.807, 2.05) is 0 Å². The summed E-state index contributed by atoms with van der Waals surface area (Å²) in [6, 6.07) is 0. The molecule has 0 heterocycles. The molecule has 0 fully saturated rings. The molecule has 0 aliphatic heterocycles. The van der Waals surface area contributed by atoms with E-state index < -0.39 is 0 Å².